The first-order valence-corrected chi connectivity index (χ1v) is 6.11. The van der Waals surface area contributed by atoms with Crippen LogP contribution in [0.4, 0.5) is 4.79 Å². The summed E-state index contributed by atoms with van der Waals surface area (Å²) >= 11 is 0. The van der Waals surface area contributed by atoms with Crippen LogP contribution in [0.25, 0.3) is 0 Å². The van der Waals surface area contributed by atoms with Gasteiger partial charge in [0, 0.05) is 0 Å². The summed E-state index contributed by atoms with van der Waals surface area (Å²) in [7, 11) is 0. The quantitative estimate of drug-likeness (QED) is 0.657. The van der Waals surface area contributed by atoms with Crippen molar-refractivity contribution in [3.63, 3.8) is 0 Å². The molecule has 0 unspecified atom stereocenters. The van der Waals surface area contributed by atoms with Crippen molar-refractivity contribution < 1.29 is 14.7 Å². The van der Waals surface area contributed by atoms with Crippen LogP contribution in [0, 0.1) is 0 Å². The highest BCUT2D eigenvalue weighted by Gasteiger charge is 2.27. The van der Waals surface area contributed by atoms with Gasteiger partial charge in [0.15, 0.2) is 0 Å². The number of hydrogen-bond donors (Lipinski definition) is 1. The van der Waals surface area contributed by atoms with Crippen LogP contribution in [0.1, 0.15) is 45.7 Å². The van der Waals surface area contributed by atoms with Crippen LogP contribution in [0.3, 0.4) is 0 Å². The number of hydroxylamine groups is 2. The molecule has 1 amide bonds. The maximum absolute atomic E-state index is 11.8. The summed E-state index contributed by atoms with van der Waals surface area (Å²) < 4.78 is 5.14. The van der Waals surface area contributed by atoms with E-state index in [4.69, 9.17) is 4.74 Å². The van der Waals surface area contributed by atoms with Gasteiger partial charge in [-0.15, -0.1) is 0 Å². The maximum atomic E-state index is 11.8. The van der Waals surface area contributed by atoms with E-state index in [1.54, 1.807) is 20.8 Å². The second-order valence-corrected chi connectivity index (χ2v) is 5.16. The summed E-state index contributed by atoms with van der Waals surface area (Å²) in [6.45, 7) is 7.21. The first kappa shape index (κ1) is 14.5. The monoisotopic (exact) mass is 251 g/mol. The molecule has 0 bridgehead atoms. The van der Waals surface area contributed by atoms with Crippen LogP contribution in [0.2, 0.25) is 0 Å². The number of carbonyl (C=O) groups excluding carboxylic acids is 1. The Morgan fingerprint density at radius 2 is 1.89 bits per heavy atom. The second kappa shape index (κ2) is 5.87. The number of nitrogens with zero attached hydrogens (tertiary/aromatic N) is 1. The number of amides is 1. The Hall–Kier alpha value is -1.55. The van der Waals surface area contributed by atoms with E-state index >= 15 is 0 Å². The van der Waals surface area contributed by atoms with Crippen molar-refractivity contribution in [1.29, 1.82) is 0 Å². The Bertz CT molecular complexity index is 384. The Balaban J connectivity index is 2.80. The zero-order valence-corrected chi connectivity index (χ0v) is 11.4. The molecule has 1 aromatic carbocycles. The van der Waals surface area contributed by atoms with Gasteiger partial charge in [0.2, 0.25) is 0 Å². The molecule has 4 heteroatoms. The van der Waals surface area contributed by atoms with E-state index < -0.39 is 11.7 Å². The van der Waals surface area contributed by atoms with Crippen LogP contribution >= 0.6 is 0 Å². The fourth-order valence-electron chi connectivity index (χ4n) is 1.66. The van der Waals surface area contributed by atoms with E-state index in [-0.39, 0.29) is 6.04 Å². The SMILES string of the molecule is CC[C@H](c1ccccc1)N(O)C(=O)OC(C)(C)C. The second-order valence-electron chi connectivity index (χ2n) is 5.16. The number of hydrogen-bond acceptors (Lipinski definition) is 3. The van der Waals surface area contributed by atoms with Crippen molar-refractivity contribution in [3.8, 4) is 0 Å². The average molecular weight is 251 g/mol. The minimum absolute atomic E-state index is 0.388. The number of carbonyl (C=O) groups is 1. The first-order valence-electron chi connectivity index (χ1n) is 6.11. The minimum atomic E-state index is -0.724. The van der Waals surface area contributed by atoms with E-state index in [1.807, 2.05) is 37.3 Å². The normalized spacial score (nSPS) is 12.9. The molecule has 0 aliphatic rings. The van der Waals surface area contributed by atoms with Gasteiger partial charge in [0.05, 0.1) is 6.04 Å². The molecule has 4 nitrogen and oxygen atoms in total. The van der Waals surface area contributed by atoms with Crippen molar-refractivity contribution in [2.24, 2.45) is 0 Å². The topological polar surface area (TPSA) is 49.8 Å². The third-order valence-electron chi connectivity index (χ3n) is 2.45. The van der Waals surface area contributed by atoms with Gasteiger partial charge in [-0.3, -0.25) is 5.21 Å². The Morgan fingerprint density at radius 1 is 1.33 bits per heavy atom. The van der Waals surface area contributed by atoms with Crippen molar-refractivity contribution in [3.05, 3.63) is 35.9 Å². The lowest BCUT2D eigenvalue weighted by Crippen LogP contribution is -2.37. The van der Waals surface area contributed by atoms with E-state index in [9.17, 15) is 10.0 Å². The van der Waals surface area contributed by atoms with Gasteiger partial charge in [-0.2, -0.15) is 5.06 Å². The summed E-state index contributed by atoms with van der Waals surface area (Å²) in [5.74, 6) is 0. The van der Waals surface area contributed by atoms with Crippen molar-refractivity contribution in [1.82, 2.24) is 5.06 Å². The van der Waals surface area contributed by atoms with Gasteiger partial charge in [0.1, 0.15) is 5.60 Å². The van der Waals surface area contributed by atoms with Crippen LogP contribution in [0.5, 0.6) is 0 Å². The Labute approximate surface area is 108 Å². The van der Waals surface area contributed by atoms with E-state index in [0.29, 0.717) is 11.5 Å². The lowest BCUT2D eigenvalue weighted by atomic mass is 10.0. The molecule has 0 aliphatic carbocycles. The van der Waals surface area contributed by atoms with Gasteiger partial charge >= 0.3 is 6.09 Å². The van der Waals surface area contributed by atoms with Crippen LogP contribution in [-0.4, -0.2) is 22.0 Å². The fraction of sp³-hybridized carbons (Fsp3) is 0.500. The van der Waals surface area contributed by atoms with Gasteiger partial charge in [-0.05, 0) is 32.8 Å². The van der Waals surface area contributed by atoms with Crippen molar-refractivity contribution in [2.45, 2.75) is 45.8 Å². The van der Waals surface area contributed by atoms with Gasteiger partial charge < -0.3 is 4.74 Å². The van der Waals surface area contributed by atoms with Crippen molar-refractivity contribution >= 4 is 6.09 Å². The molecule has 0 aliphatic heterocycles. The zero-order chi connectivity index (χ0) is 13.8. The molecule has 0 heterocycles. The smallest absolute Gasteiger partial charge is 0.434 e. The van der Waals surface area contributed by atoms with E-state index in [1.165, 1.54) is 0 Å². The number of ether oxygens (including phenoxy) is 1. The molecule has 0 saturated carbocycles. The van der Waals surface area contributed by atoms with E-state index in [2.05, 4.69) is 0 Å². The molecule has 1 rings (SSSR count). The molecule has 100 valence electrons. The van der Waals surface area contributed by atoms with E-state index in [0.717, 1.165) is 5.56 Å². The van der Waals surface area contributed by atoms with Crippen LogP contribution in [0.15, 0.2) is 30.3 Å². The summed E-state index contributed by atoms with van der Waals surface area (Å²) in [6.07, 6.45) is -0.113. The Kier molecular flexibility index (Phi) is 4.73. The molecule has 1 aromatic rings. The highest BCUT2D eigenvalue weighted by Crippen LogP contribution is 2.24. The predicted molar refractivity (Wildman–Crippen MR) is 69.3 cm³/mol. The molecule has 0 spiro atoms. The first-order chi connectivity index (χ1) is 8.35. The molecule has 0 radical (unpaired) electrons. The third kappa shape index (κ3) is 4.04. The highest BCUT2D eigenvalue weighted by atomic mass is 16.6. The molecular weight excluding hydrogens is 230 g/mol. The lowest BCUT2D eigenvalue weighted by Gasteiger charge is -2.28. The van der Waals surface area contributed by atoms with Crippen LogP contribution in [-0.2, 0) is 4.74 Å². The van der Waals surface area contributed by atoms with Crippen molar-refractivity contribution in [2.75, 3.05) is 0 Å². The summed E-state index contributed by atoms with van der Waals surface area (Å²) in [6, 6.07) is 9.01. The highest BCUT2D eigenvalue weighted by molar-refractivity contribution is 5.67. The molecule has 0 saturated heterocycles. The molecular formula is C14H21NO3. The molecule has 1 atom stereocenters. The third-order valence-corrected chi connectivity index (χ3v) is 2.45. The predicted octanol–water partition coefficient (Wildman–Crippen LogP) is 3.76. The maximum Gasteiger partial charge on any atom is 0.434 e. The summed E-state index contributed by atoms with van der Waals surface area (Å²) in [5.41, 5.74) is 0.265. The minimum Gasteiger partial charge on any atom is -0.442 e. The number of benzene rings is 1. The average Bonchev–Trinajstić information content (AvgIpc) is 2.29. The molecule has 0 aromatic heterocycles. The fourth-order valence-corrected chi connectivity index (χ4v) is 1.66. The zero-order valence-electron chi connectivity index (χ0n) is 11.4. The Morgan fingerprint density at radius 3 is 2.33 bits per heavy atom. The van der Waals surface area contributed by atoms with Gasteiger partial charge in [0.25, 0.3) is 0 Å². The summed E-state index contributed by atoms with van der Waals surface area (Å²) in [5, 5.41) is 10.6. The van der Waals surface area contributed by atoms with Gasteiger partial charge in [-0.1, -0.05) is 37.3 Å². The molecule has 0 fully saturated rings. The van der Waals surface area contributed by atoms with Crippen LogP contribution < -0.4 is 0 Å². The number of rotatable bonds is 3. The molecule has 1 N–H and O–H groups in total. The lowest BCUT2D eigenvalue weighted by molar-refractivity contribution is -0.122. The standard InChI is InChI=1S/C14H21NO3/c1-5-12(11-9-7-6-8-10-11)15(17)13(16)18-14(2,3)4/h6-10,12,17H,5H2,1-4H3/t12-/m1/s1. The van der Waals surface area contributed by atoms with Gasteiger partial charge in [-0.25, -0.2) is 4.79 Å². The largest absolute Gasteiger partial charge is 0.442 e. The molecule has 18 heavy (non-hydrogen) atoms. The summed E-state index contributed by atoms with van der Waals surface area (Å²) in [4.78, 5) is 11.8.